The maximum absolute atomic E-state index is 10.7. The van der Waals surface area contributed by atoms with Crippen LogP contribution in [-0.2, 0) is 12.8 Å². The third-order valence-corrected chi connectivity index (χ3v) is 6.73. The number of hydrogen-bond donors (Lipinski definition) is 1. The van der Waals surface area contributed by atoms with E-state index >= 15 is 0 Å². The van der Waals surface area contributed by atoms with Gasteiger partial charge in [0, 0.05) is 30.3 Å². The molecule has 9 heteroatoms. The molecule has 0 bridgehead atoms. The molecular weight excluding hydrogens is 468 g/mol. The van der Waals surface area contributed by atoms with Gasteiger partial charge in [0.15, 0.2) is 0 Å². The second-order valence-electron chi connectivity index (χ2n) is 9.90. The number of ether oxygens (including phenoxy) is 1. The largest absolute Gasteiger partial charge is 0.490 e. The molecule has 1 aliphatic heterocycles. The first-order valence-corrected chi connectivity index (χ1v) is 12.6. The van der Waals surface area contributed by atoms with Crippen molar-refractivity contribution in [2.75, 3.05) is 27.2 Å². The molecule has 3 aromatic rings. The van der Waals surface area contributed by atoms with Crippen molar-refractivity contribution in [3.63, 3.8) is 0 Å². The Balaban J connectivity index is 0.000000245. The van der Waals surface area contributed by atoms with Crippen LogP contribution in [-0.4, -0.2) is 65.3 Å². The molecule has 2 aliphatic rings. The van der Waals surface area contributed by atoms with Gasteiger partial charge < -0.3 is 24.8 Å². The number of aryl methyl sites for hydroxylation is 1. The molecule has 2 heterocycles. The molecule has 0 saturated carbocycles. The number of hydrogen-bond acceptors (Lipinski definition) is 7. The molecule has 0 radical (unpaired) electrons. The summed E-state index contributed by atoms with van der Waals surface area (Å²) in [7, 11) is 4.05. The molecule has 9 nitrogen and oxygen atoms in total. The fraction of sp³-hybridized carbons (Fsp3) is 0.429. The third-order valence-electron chi connectivity index (χ3n) is 6.73. The van der Waals surface area contributed by atoms with E-state index in [0.29, 0.717) is 34.6 Å². The first-order valence-electron chi connectivity index (χ1n) is 12.6. The van der Waals surface area contributed by atoms with E-state index in [1.807, 2.05) is 46.1 Å². The number of amides is 2. The number of carbonyl (C=O) groups excluding carboxylic acids is 1. The molecule has 1 aromatic heterocycles. The lowest BCUT2D eigenvalue weighted by Crippen LogP contribution is -2.37. The highest BCUT2D eigenvalue weighted by molar-refractivity contribution is 5.72. The zero-order chi connectivity index (χ0) is 26.5. The summed E-state index contributed by atoms with van der Waals surface area (Å²) in [6.07, 6.45) is 4.37. The maximum atomic E-state index is 10.7. The van der Waals surface area contributed by atoms with Crippen LogP contribution in [0, 0.1) is 11.3 Å². The topological polar surface area (TPSA) is 122 Å². The highest BCUT2D eigenvalue weighted by atomic mass is 16.5. The summed E-state index contributed by atoms with van der Waals surface area (Å²) < 4.78 is 11.1. The van der Waals surface area contributed by atoms with Crippen LogP contribution in [0.2, 0.25) is 0 Å². The molecule has 2 amide bonds. The average molecular weight is 503 g/mol. The van der Waals surface area contributed by atoms with E-state index in [1.165, 1.54) is 17.5 Å². The van der Waals surface area contributed by atoms with Gasteiger partial charge in [0.1, 0.15) is 11.8 Å². The summed E-state index contributed by atoms with van der Waals surface area (Å²) in [5, 5.41) is 13.6. The predicted octanol–water partition coefficient (Wildman–Crippen LogP) is 4.25. The predicted molar refractivity (Wildman–Crippen MR) is 141 cm³/mol. The Bertz CT molecular complexity index is 1290. The van der Waals surface area contributed by atoms with Crippen molar-refractivity contribution in [2.24, 2.45) is 5.73 Å². The van der Waals surface area contributed by atoms with E-state index in [-0.39, 0.29) is 12.1 Å². The number of rotatable bonds is 5. The number of nitrogens with two attached hydrogens (primary N) is 1. The Hall–Kier alpha value is -3.90. The summed E-state index contributed by atoms with van der Waals surface area (Å²) in [5.74, 6) is 1.56. The summed E-state index contributed by atoms with van der Waals surface area (Å²) in [6.45, 7) is 5.44. The summed E-state index contributed by atoms with van der Waals surface area (Å²) in [5.41, 5.74) is 10.0. The number of urea groups is 1. The molecule has 0 spiro atoms. The first-order chi connectivity index (χ1) is 17.8. The molecule has 37 heavy (non-hydrogen) atoms. The Morgan fingerprint density at radius 1 is 1.27 bits per heavy atom. The van der Waals surface area contributed by atoms with Gasteiger partial charge >= 0.3 is 6.03 Å². The number of nitriles is 1. The van der Waals surface area contributed by atoms with Crippen molar-refractivity contribution < 1.29 is 14.1 Å². The lowest BCUT2D eigenvalue weighted by atomic mass is 10.0. The number of likely N-dealkylation sites (N-methyl/N-ethyl adjacent to an activating group) is 1. The molecule has 1 atom stereocenters. The second-order valence-corrected chi connectivity index (χ2v) is 9.90. The van der Waals surface area contributed by atoms with Crippen LogP contribution in [0.25, 0.3) is 22.8 Å². The van der Waals surface area contributed by atoms with Gasteiger partial charge in [-0.15, -0.1) is 0 Å². The lowest BCUT2D eigenvalue weighted by Gasteiger charge is -2.18. The highest BCUT2D eigenvalue weighted by Gasteiger charge is 2.25. The van der Waals surface area contributed by atoms with Crippen LogP contribution in [0.4, 0.5) is 4.79 Å². The van der Waals surface area contributed by atoms with Gasteiger partial charge in [-0.2, -0.15) is 10.2 Å². The molecule has 5 rings (SSSR count). The Morgan fingerprint density at radius 3 is 2.73 bits per heavy atom. The number of likely N-dealkylation sites (tertiary alicyclic amines) is 1. The molecule has 2 N–H and O–H groups in total. The zero-order valence-corrected chi connectivity index (χ0v) is 21.9. The van der Waals surface area contributed by atoms with Gasteiger partial charge in [-0.05, 0) is 83.0 Å². The molecule has 1 fully saturated rings. The van der Waals surface area contributed by atoms with Crippen molar-refractivity contribution in [1.82, 2.24) is 19.9 Å². The first kappa shape index (κ1) is 26.2. The van der Waals surface area contributed by atoms with Crippen LogP contribution < -0.4 is 10.5 Å². The third kappa shape index (κ3) is 6.09. The van der Waals surface area contributed by atoms with Crippen molar-refractivity contribution >= 4 is 6.03 Å². The molecular formula is C28H34N6O3. The number of benzene rings is 2. The van der Waals surface area contributed by atoms with Crippen LogP contribution in [0.5, 0.6) is 5.75 Å². The van der Waals surface area contributed by atoms with Crippen molar-refractivity contribution in [3.8, 4) is 34.7 Å². The number of fused-ring (bicyclic) bond motifs is 1. The quantitative estimate of drug-likeness (QED) is 0.553. The summed E-state index contributed by atoms with van der Waals surface area (Å²) in [6, 6.07) is 14.0. The van der Waals surface area contributed by atoms with Crippen LogP contribution in [0.3, 0.4) is 0 Å². The second kappa shape index (κ2) is 11.4. The minimum atomic E-state index is -0.297. The van der Waals surface area contributed by atoms with Gasteiger partial charge in [0.2, 0.25) is 5.82 Å². The van der Waals surface area contributed by atoms with Crippen LogP contribution >= 0.6 is 0 Å². The molecule has 2 aromatic carbocycles. The van der Waals surface area contributed by atoms with Gasteiger partial charge in [-0.25, -0.2) is 4.79 Å². The van der Waals surface area contributed by atoms with E-state index < -0.39 is 0 Å². The Labute approximate surface area is 217 Å². The molecule has 194 valence electrons. The van der Waals surface area contributed by atoms with Crippen LogP contribution in [0.15, 0.2) is 40.9 Å². The van der Waals surface area contributed by atoms with Gasteiger partial charge in [0.05, 0.1) is 11.7 Å². The van der Waals surface area contributed by atoms with E-state index in [9.17, 15) is 10.1 Å². The SMILES string of the molecule is CC(C)Oc1ccc(-c2nc(-c3cccc4c3CCC4)no2)cc1C#N.CN(C)[C@@H]1CCN(C(N)=O)C1. The minimum absolute atomic E-state index is 0.00290. The Kier molecular flexibility index (Phi) is 8.09. The minimum Gasteiger partial charge on any atom is -0.490 e. The van der Waals surface area contributed by atoms with E-state index in [1.54, 1.807) is 17.0 Å². The van der Waals surface area contributed by atoms with Crippen molar-refractivity contribution in [2.45, 2.75) is 51.7 Å². The smallest absolute Gasteiger partial charge is 0.314 e. The van der Waals surface area contributed by atoms with Gasteiger partial charge in [-0.1, -0.05) is 23.4 Å². The average Bonchev–Trinajstić information content (AvgIpc) is 3.64. The van der Waals surface area contributed by atoms with Gasteiger partial charge in [-0.3, -0.25) is 0 Å². The lowest BCUT2D eigenvalue weighted by molar-refractivity contribution is 0.212. The van der Waals surface area contributed by atoms with Crippen LogP contribution in [0.1, 0.15) is 43.4 Å². The van der Waals surface area contributed by atoms with E-state index in [2.05, 4.69) is 27.2 Å². The summed E-state index contributed by atoms with van der Waals surface area (Å²) >= 11 is 0. The standard InChI is InChI=1S/C21H19N3O2.C7H15N3O/c1-13(2)25-19-10-9-15(11-16(19)12-22)21-23-20(24-26-21)18-8-4-6-14-5-3-7-17(14)18;1-9(2)6-3-4-10(5-6)7(8)11/h4,6,8-11,13H,3,5,7H2,1-2H3;6H,3-5H2,1-2H3,(H2,8,11)/t;6-/m.1/s1. The maximum Gasteiger partial charge on any atom is 0.314 e. The number of carbonyl (C=O) groups is 1. The molecule has 0 unspecified atom stereocenters. The number of aromatic nitrogens is 2. The molecule has 1 aliphatic carbocycles. The monoisotopic (exact) mass is 502 g/mol. The highest BCUT2D eigenvalue weighted by Crippen LogP contribution is 2.33. The van der Waals surface area contributed by atoms with E-state index in [0.717, 1.165) is 37.9 Å². The molecule has 1 saturated heterocycles. The number of nitrogens with zero attached hydrogens (tertiary/aromatic N) is 5. The fourth-order valence-electron chi connectivity index (χ4n) is 4.75. The van der Waals surface area contributed by atoms with Crippen molar-refractivity contribution in [3.05, 3.63) is 53.1 Å². The number of primary amides is 1. The van der Waals surface area contributed by atoms with Gasteiger partial charge in [0.25, 0.3) is 5.89 Å². The van der Waals surface area contributed by atoms with E-state index in [4.69, 9.17) is 15.0 Å². The zero-order valence-electron chi connectivity index (χ0n) is 21.9. The van der Waals surface area contributed by atoms with Crippen molar-refractivity contribution in [1.29, 1.82) is 5.26 Å². The Morgan fingerprint density at radius 2 is 2.08 bits per heavy atom. The summed E-state index contributed by atoms with van der Waals surface area (Å²) in [4.78, 5) is 19.1. The fourth-order valence-corrected chi connectivity index (χ4v) is 4.75. The normalized spacial score (nSPS) is 16.4.